The van der Waals surface area contributed by atoms with Crippen LogP contribution in [0.1, 0.15) is 27.7 Å². The zero-order chi connectivity index (χ0) is 10.4. The Hall–Kier alpha value is -1.31. The first-order valence-corrected chi connectivity index (χ1v) is 4.25. The highest BCUT2D eigenvalue weighted by atomic mass is 14.9. The summed E-state index contributed by atoms with van der Waals surface area (Å²) in [7, 11) is 0. The maximum atomic E-state index is 4.32. The fourth-order valence-electron chi connectivity index (χ4n) is 0.805. The van der Waals surface area contributed by atoms with Crippen LogP contribution in [-0.2, 0) is 0 Å². The van der Waals surface area contributed by atoms with E-state index in [-0.39, 0.29) is 0 Å². The average molecular weight is 178 g/mol. The van der Waals surface area contributed by atoms with Crippen molar-refractivity contribution in [2.45, 2.75) is 27.7 Å². The molecule has 0 aliphatic heterocycles. The van der Waals surface area contributed by atoms with Gasteiger partial charge in [0.05, 0.1) is 5.70 Å². The molecule has 1 N–H and O–H groups in total. The molecule has 0 aliphatic carbocycles. The molecule has 0 rings (SSSR count). The third-order valence-corrected chi connectivity index (χ3v) is 1.58. The van der Waals surface area contributed by atoms with E-state index < -0.39 is 0 Å². The van der Waals surface area contributed by atoms with E-state index in [1.807, 2.05) is 27.7 Å². The average Bonchev–Trinajstić information content (AvgIpc) is 2.02. The fourth-order valence-corrected chi connectivity index (χ4v) is 0.805. The highest BCUT2D eigenvalue weighted by molar-refractivity contribution is 5.92. The Kier molecular flexibility index (Phi) is 4.82. The fraction of sp³-hybridized carbons (Fsp3) is 0.364. The van der Waals surface area contributed by atoms with Gasteiger partial charge in [-0.05, 0) is 33.8 Å². The van der Waals surface area contributed by atoms with Crippen molar-refractivity contribution in [2.24, 2.45) is 4.99 Å². The van der Waals surface area contributed by atoms with Crippen LogP contribution in [0.4, 0.5) is 0 Å². The minimum Gasteiger partial charge on any atom is -0.362 e. The molecule has 0 aromatic carbocycles. The highest BCUT2D eigenvalue weighted by Gasteiger charge is 1.94. The second-order valence-electron chi connectivity index (χ2n) is 3.07. The molecular weight excluding hydrogens is 160 g/mol. The Morgan fingerprint density at radius 1 is 1.23 bits per heavy atom. The van der Waals surface area contributed by atoms with Gasteiger partial charge in [-0.25, -0.2) is 0 Å². The van der Waals surface area contributed by atoms with Gasteiger partial charge in [0.2, 0.25) is 0 Å². The molecule has 0 spiro atoms. The van der Waals surface area contributed by atoms with Gasteiger partial charge in [-0.15, -0.1) is 0 Å². The monoisotopic (exact) mass is 178 g/mol. The summed E-state index contributed by atoms with van der Waals surface area (Å²) in [6.45, 7) is 15.2. The van der Waals surface area contributed by atoms with Crippen molar-refractivity contribution in [3.05, 3.63) is 36.3 Å². The summed E-state index contributed by atoms with van der Waals surface area (Å²) >= 11 is 0. The Labute approximate surface area is 80.8 Å². The minimum atomic E-state index is 0.917. The molecule has 0 radical (unpaired) electrons. The van der Waals surface area contributed by atoms with Crippen LogP contribution in [0.15, 0.2) is 41.3 Å². The van der Waals surface area contributed by atoms with E-state index in [9.17, 15) is 0 Å². The van der Waals surface area contributed by atoms with Crippen LogP contribution in [0, 0.1) is 0 Å². The summed E-state index contributed by atoms with van der Waals surface area (Å²) in [4.78, 5) is 4.32. The Bertz CT molecular complexity index is 270. The van der Waals surface area contributed by atoms with Gasteiger partial charge in [0.15, 0.2) is 0 Å². The molecule has 0 saturated heterocycles. The van der Waals surface area contributed by atoms with E-state index >= 15 is 0 Å². The lowest BCUT2D eigenvalue weighted by Gasteiger charge is -2.07. The molecule has 72 valence electrons. The standard InChI is InChI=1S/C11H18N2/c1-7-9(4)13-11(6)10(5)12-8(2)3/h7,12H,1-2H2,3-6H3/b11-10+,13-9-. The van der Waals surface area contributed by atoms with Crippen molar-refractivity contribution >= 4 is 5.71 Å². The predicted octanol–water partition coefficient (Wildman–Crippen LogP) is 3.01. The van der Waals surface area contributed by atoms with Crippen molar-refractivity contribution in [3.8, 4) is 0 Å². The maximum Gasteiger partial charge on any atom is 0.0565 e. The van der Waals surface area contributed by atoms with Crippen LogP contribution >= 0.6 is 0 Å². The first-order valence-electron chi connectivity index (χ1n) is 4.25. The van der Waals surface area contributed by atoms with Gasteiger partial charge in [0.25, 0.3) is 0 Å². The molecule has 13 heavy (non-hydrogen) atoms. The topological polar surface area (TPSA) is 24.4 Å². The van der Waals surface area contributed by atoms with Crippen molar-refractivity contribution in [1.82, 2.24) is 5.32 Å². The molecule has 0 aromatic rings. The molecule has 0 heterocycles. The van der Waals surface area contributed by atoms with Gasteiger partial charge in [0.1, 0.15) is 0 Å². The quantitative estimate of drug-likeness (QED) is 0.657. The van der Waals surface area contributed by atoms with Gasteiger partial charge >= 0.3 is 0 Å². The van der Waals surface area contributed by atoms with Crippen molar-refractivity contribution in [2.75, 3.05) is 0 Å². The van der Waals surface area contributed by atoms with Crippen LogP contribution in [0.5, 0.6) is 0 Å². The molecule has 0 amide bonds. The first-order chi connectivity index (χ1) is 5.97. The Morgan fingerprint density at radius 3 is 2.15 bits per heavy atom. The molecule has 0 aromatic heterocycles. The molecule has 0 atom stereocenters. The first kappa shape index (κ1) is 11.7. The third-order valence-electron chi connectivity index (χ3n) is 1.58. The second kappa shape index (κ2) is 5.36. The molecule has 0 aliphatic rings. The van der Waals surface area contributed by atoms with Crippen LogP contribution in [0.25, 0.3) is 0 Å². The van der Waals surface area contributed by atoms with Crippen molar-refractivity contribution < 1.29 is 0 Å². The lowest BCUT2D eigenvalue weighted by molar-refractivity contribution is 0.939. The molecule has 2 heteroatoms. The Morgan fingerprint density at radius 2 is 1.77 bits per heavy atom. The van der Waals surface area contributed by atoms with Gasteiger partial charge in [-0.1, -0.05) is 13.2 Å². The number of hydrogen-bond acceptors (Lipinski definition) is 2. The van der Waals surface area contributed by atoms with Crippen LogP contribution < -0.4 is 5.32 Å². The van der Waals surface area contributed by atoms with E-state index in [4.69, 9.17) is 0 Å². The smallest absolute Gasteiger partial charge is 0.0565 e. The summed E-state index contributed by atoms with van der Waals surface area (Å²) in [6.07, 6.45) is 1.73. The zero-order valence-corrected chi connectivity index (χ0v) is 8.94. The number of nitrogens with zero attached hydrogens (tertiary/aromatic N) is 1. The third kappa shape index (κ3) is 5.01. The van der Waals surface area contributed by atoms with E-state index in [1.165, 1.54) is 0 Å². The van der Waals surface area contributed by atoms with E-state index in [1.54, 1.807) is 6.08 Å². The summed E-state index contributed by atoms with van der Waals surface area (Å²) in [6, 6.07) is 0. The number of aliphatic imine (C=N–C) groups is 1. The SMILES string of the molecule is C=C/C(C)=N\C(C)=C(/C)NC(=C)C. The van der Waals surface area contributed by atoms with Crippen molar-refractivity contribution in [1.29, 1.82) is 0 Å². The van der Waals surface area contributed by atoms with Crippen LogP contribution in [-0.4, -0.2) is 5.71 Å². The molecule has 0 saturated carbocycles. The lowest BCUT2D eigenvalue weighted by Crippen LogP contribution is -2.08. The molecule has 2 nitrogen and oxygen atoms in total. The highest BCUT2D eigenvalue weighted by Crippen LogP contribution is 2.03. The molecule has 0 unspecified atom stereocenters. The van der Waals surface area contributed by atoms with Gasteiger partial charge in [-0.2, -0.15) is 0 Å². The minimum absolute atomic E-state index is 0.917. The Balaban J connectivity index is 4.61. The van der Waals surface area contributed by atoms with Crippen LogP contribution in [0.2, 0.25) is 0 Å². The number of rotatable bonds is 4. The molecular formula is C11H18N2. The number of hydrogen-bond donors (Lipinski definition) is 1. The van der Waals surface area contributed by atoms with E-state index in [0.717, 1.165) is 22.8 Å². The molecule has 0 bridgehead atoms. The van der Waals surface area contributed by atoms with Gasteiger partial charge < -0.3 is 5.32 Å². The van der Waals surface area contributed by atoms with Gasteiger partial charge in [0, 0.05) is 17.1 Å². The summed E-state index contributed by atoms with van der Waals surface area (Å²) in [5.74, 6) is 0. The summed E-state index contributed by atoms with van der Waals surface area (Å²) in [5, 5.41) is 3.12. The number of nitrogens with one attached hydrogen (secondary N) is 1. The van der Waals surface area contributed by atoms with E-state index in [0.29, 0.717) is 0 Å². The summed E-state index contributed by atoms with van der Waals surface area (Å²) in [5.41, 5.74) is 3.82. The lowest BCUT2D eigenvalue weighted by atomic mass is 10.3. The number of allylic oxidation sites excluding steroid dienone is 4. The normalized spacial score (nSPS) is 13.4. The maximum absolute atomic E-state index is 4.32. The molecule has 0 fully saturated rings. The van der Waals surface area contributed by atoms with E-state index in [2.05, 4.69) is 23.5 Å². The predicted molar refractivity (Wildman–Crippen MR) is 59.6 cm³/mol. The van der Waals surface area contributed by atoms with Crippen LogP contribution in [0.3, 0.4) is 0 Å². The largest absolute Gasteiger partial charge is 0.362 e. The zero-order valence-electron chi connectivity index (χ0n) is 8.94. The second-order valence-corrected chi connectivity index (χ2v) is 3.07. The van der Waals surface area contributed by atoms with Crippen molar-refractivity contribution in [3.63, 3.8) is 0 Å². The summed E-state index contributed by atoms with van der Waals surface area (Å²) < 4.78 is 0. The van der Waals surface area contributed by atoms with Gasteiger partial charge in [-0.3, -0.25) is 4.99 Å².